The first-order valence-corrected chi connectivity index (χ1v) is 10.3. The van der Waals surface area contributed by atoms with Gasteiger partial charge < -0.3 is 10.2 Å². The van der Waals surface area contributed by atoms with E-state index >= 15 is 0 Å². The van der Waals surface area contributed by atoms with Crippen LogP contribution in [0.3, 0.4) is 0 Å². The number of aromatic nitrogens is 2. The summed E-state index contributed by atoms with van der Waals surface area (Å²) in [6.45, 7) is 4.44. The van der Waals surface area contributed by atoms with Crippen LogP contribution in [0.4, 0.5) is 11.4 Å². The van der Waals surface area contributed by atoms with E-state index in [1.807, 2.05) is 42.5 Å². The number of para-hydroxylation sites is 1. The summed E-state index contributed by atoms with van der Waals surface area (Å²) in [5.41, 5.74) is 3.41. The Morgan fingerprint density at radius 1 is 1.06 bits per heavy atom. The molecule has 1 N–H and O–H groups in total. The normalized spacial score (nSPS) is 12.7. The van der Waals surface area contributed by atoms with Crippen molar-refractivity contribution in [2.24, 2.45) is 0 Å². The molecule has 3 aromatic rings. The van der Waals surface area contributed by atoms with E-state index in [4.69, 9.17) is 0 Å². The number of fused-ring (bicyclic) bond motifs is 1. The van der Waals surface area contributed by atoms with Gasteiger partial charge in [-0.15, -0.1) is 0 Å². The molecule has 0 spiro atoms. The topological polar surface area (TPSA) is 84.3 Å². The highest BCUT2D eigenvalue weighted by Gasteiger charge is 2.26. The van der Waals surface area contributed by atoms with Gasteiger partial charge in [0.05, 0.1) is 0 Å². The van der Waals surface area contributed by atoms with Crippen LogP contribution in [0.25, 0.3) is 0 Å². The fourth-order valence-corrected chi connectivity index (χ4v) is 3.68. The fourth-order valence-electron chi connectivity index (χ4n) is 3.68. The lowest BCUT2D eigenvalue weighted by Crippen LogP contribution is -2.34. The Morgan fingerprint density at radius 3 is 2.68 bits per heavy atom. The molecule has 0 unspecified atom stereocenters. The maximum absolute atomic E-state index is 13.0. The predicted molar refractivity (Wildman–Crippen MR) is 119 cm³/mol. The van der Waals surface area contributed by atoms with Gasteiger partial charge in [-0.3, -0.25) is 14.4 Å². The third-order valence-electron chi connectivity index (χ3n) is 5.35. The molecule has 0 atom stereocenters. The lowest BCUT2D eigenvalue weighted by molar-refractivity contribution is -0.117. The van der Waals surface area contributed by atoms with Crippen LogP contribution in [-0.2, 0) is 17.8 Å². The van der Waals surface area contributed by atoms with Crippen LogP contribution in [0.15, 0.2) is 65.5 Å². The molecule has 2 aromatic carbocycles. The van der Waals surface area contributed by atoms with E-state index in [2.05, 4.69) is 24.3 Å². The maximum Gasteiger partial charge on any atom is 0.278 e. The van der Waals surface area contributed by atoms with E-state index < -0.39 is 5.56 Å². The number of carbonyl (C=O) groups excluding carboxylic acids is 2. The standard InChI is InChI=1S/C24H24N4O3/c1-16(2)18-7-5-8-19(14-18)25-22(29)15-28-23(30)11-10-20(26-28)24(31)27-13-12-17-6-3-4-9-21(17)27/h3-11,14,16H,12-13,15H2,1-2H3,(H,25,29). The Balaban J connectivity index is 1.51. The Morgan fingerprint density at radius 2 is 1.87 bits per heavy atom. The molecule has 158 valence electrons. The third-order valence-corrected chi connectivity index (χ3v) is 5.35. The summed E-state index contributed by atoms with van der Waals surface area (Å²) in [5, 5.41) is 6.96. The minimum Gasteiger partial charge on any atom is -0.324 e. The van der Waals surface area contributed by atoms with Crippen LogP contribution in [0.2, 0.25) is 0 Å². The summed E-state index contributed by atoms with van der Waals surface area (Å²) in [4.78, 5) is 39.4. The molecule has 1 aliphatic heterocycles. The van der Waals surface area contributed by atoms with Crippen molar-refractivity contribution >= 4 is 23.2 Å². The van der Waals surface area contributed by atoms with Crippen molar-refractivity contribution in [2.75, 3.05) is 16.8 Å². The summed E-state index contributed by atoms with van der Waals surface area (Å²) in [7, 11) is 0. The molecule has 7 nitrogen and oxygen atoms in total. The zero-order chi connectivity index (χ0) is 22.0. The largest absolute Gasteiger partial charge is 0.324 e. The third kappa shape index (κ3) is 4.40. The number of hydrogen-bond donors (Lipinski definition) is 1. The second-order valence-electron chi connectivity index (χ2n) is 7.88. The van der Waals surface area contributed by atoms with Crippen molar-refractivity contribution in [3.8, 4) is 0 Å². The van der Waals surface area contributed by atoms with Gasteiger partial charge in [0.1, 0.15) is 12.2 Å². The highest BCUT2D eigenvalue weighted by atomic mass is 16.2. The average molecular weight is 416 g/mol. The first-order chi connectivity index (χ1) is 14.9. The minimum absolute atomic E-state index is 0.130. The molecule has 4 rings (SSSR count). The van der Waals surface area contributed by atoms with Gasteiger partial charge >= 0.3 is 0 Å². The van der Waals surface area contributed by atoms with Crippen molar-refractivity contribution in [1.82, 2.24) is 9.78 Å². The van der Waals surface area contributed by atoms with Crippen LogP contribution in [0.1, 0.15) is 41.4 Å². The van der Waals surface area contributed by atoms with Crippen LogP contribution in [0, 0.1) is 0 Å². The molecule has 0 saturated carbocycles. The molecule has 7 heteroatoms. The lowest BCUT2D eigenvalue weighted by Gasteiger charge is -2.17. The SMILES string of the molecule is CC(C)c1cccc(NC(=O)Cn2nc(C(=O)N3CCc4ccccc43)ccc2=O)c1. The van der Waals surface area contributed by atoms with Gasteiger partial charge in [0, 0.05) is 24.0 Å². The number of nitrogens with one attached hydrogen (secondary N) is 1. The number of amides is 2. The molecular weight excluding hydrogens is 392 g/mol. The molecule has 0 bridgehead atoms. The van der Waals surface area contributed by atoms with E-state index in [0.29, 0.717) is 18.2 Å². The van der Waals surface area contributed by atoms with E-state index in [-0.39, 0.29) is 24.1 Å². The van der Waals surface area contributed by atoms with Crippen molar-refractivity contribution < 1.29 is 9.59 Å². The summed E-state index contributed by atoms with van der Waals surface area (Å²) in [6, 6.07) is 18.0. The number of rotatable bonds is 5. The van der Waals surface area contributed by atoms with Gasteiger partial charge in [-0.25, -0.2) is 4.68 Å². The van der Waals surface area contributed by atoms with E-state index in [1.54, 1.807) is 11.0 Å². The van der Waals surface area contributed by atoms with Gasteiger partial charge in [0.15, 0.2) is 0 Å². The fraction of sp³-hybridized carbons (Fsp3) is 0.250. The number of benzene rings is 2. The van der Waals surface area contributed by atoms with Crippen molar-refractivity contribution in [3.05, 3.63) is 87.8 Å². The molecule has 0 fully saturated rings. The van der Waals surface area contributed by atoms with Gasteiger partial charge in [-0.05, 0) is 47.7 Å². The lowest BCUT2D eigenvalue weighted by atomic mass is 10.0. The number of carbonyl (C=O) groups is 2. The van der Waals surface area contributed by atoms with Crippen molar-refractivity contribution in [2.45, 2.75) is 32.7 Å². The second-order valence-corrected chi connectivity index (χ2v) is 7.88. The molecule has 2 heterocycles. The summed E-state index contributed by atoms with van der Waals surface area (Å²) in [6.07, 6.45) is 0.777. The van der Waals surface area contributed by atoms with Gasteiger partial charge in [-0.2, -0.15) is 5.10 Å². The van der Waals surface area contributed by atoms with Gasteiger partial charge in [0.2, 0.25) is 5.91 Å². The Bertz CT molecular complexity index is 1200. The van der Waals surface area contributed by atoms with E-state index in [1.165, 1.54) is 12.1 Å². The number of anilines is 2. The van der Waals surface area contributed by atoms with Crippen LogP contribution in [-0.4, -0.2) is 28.1 Å². The summed E-state index contributed by atoms with van der Waals surface area (Å²) >= 11 is 0. The zero-order valence-corrected chi connectivity index (χ0v) is 17.5. The molecular formula is C24H24N4O3. The smallest absolute Gasteiger partial charge is 0.278 e. The number of nitrogens with zero attached hydrogens (tertiary/aromatic N) is 3. The maximum atomic E-state index is 13.0. The zero-order valence-electron chi connectivity index (χ0n) is 17.5. The molecule has 1 aliphatic rings. The second kappa shape index (κ2) is 8.55. The minimum atomic E-state index is -0.440. The first kappa shape index (κ1) is 20.5. The molecule has 2 amide bonds. The quantitative estimate of drug-likeness (QED) is 0.692. The highest BCUT2D eigenvalue weighted by molar-refractivity contribution is 6.06. The van der Waals surface area contributed by atoms with Gasteiger partial charge in [0.25, 0.3) is 11.5 Å². The molecule has 0 aliphatic carbocycles. The summed E-state index contributed by atoms with van der Waals surface area (Å²) in [5.74, 6) is -0.338. The molecule has 0 saturated heterocycles. The first-order valence-electron chi connectivity index (χ1n) is 10.3. The molecule has 31 heavy (non-hydrogen) atoms. The summed E-state index contributed by atoms with van der Waals surface area (Å²) < 4.78 is 1.02. The predicted octanol–water partition coefficient (Wildman–Crippen LogP) is 3.21. The molecule has 0 radical (unpaired) electrons. The van der Waals surface area contributed by atoms with E-state index in [9.17, 15) is 14.4 Å². The monoisotopic (exact) mass is 416 g/mol. The van der Waals surface area contributed by atoms with Gasteiger partial charge in [-0.1, -0.05) is 44.2 Å². The highest BCUT2D eigenvalue weighted by Crippen LogP contribution is 2.28. The Hall–Kier alpha value is -3.74. The number of hydrogen-bond acceptors (Lipinski definition) is 4. The Labute approximate surface area is 180 Å². The van der Waals surface area contributed by atoms with E-state index in [0.717, 1.165) is 27.9 Å². The average Bonchev–Trinajstić information content (AvgIpc) is 3.19. The molecule has 1 aromatic heterocycles. The Kier molecular flexibility index (Phi) is 5.66. The van der Waals surface area contributed by atoms with Crippen molar-refractivity contribution in [1.29, 1.82) is 0 Å². The van der Waals surface area contributed by atoms with Crippen LogP contribution in [0.5, 0.6) is 0 Å². The van der Waals surface area contributed by atoms with Crippen LogP contribution < -0.4 is 15.8 Å². The van der Waals surface area contributed by atoms with Crippen molar-refractivity contribution in [3.63, 3.8) is 0 Å². The van der Waals surface area contributed by atoms with Crippen LogP contribution >= 0.6 is 0 Å².